The Morgan fingerprint density at radius 3 is 2.45 bits per heavy atom. The summed E-state index contributed by atoms with van der Waals surface area (Å²) >= 11 is 3.19. The summed E-state index contributed by atoms with van der Waals surface area (Å²) in [5, 5.41) is 11.5. The zero-order chi connectivity index (χ0) is 14.7. The van der Waals surface area contributed by atoms with E-state index >= 15 is 0 Å². The maximum Gasteiger partial charge on any atom is 0.337 e. The lowest BCUT2D eigenvalue weighted by Crippen LogP contribution is -2.16. The first kappa shape index (κ1) is 14.2. The minimum Gasteiger partial charge on any atom is -0.478 e. The van der Waals surface area contributed by atoms with Crippen LogP contribution >= 0.6 is 15.9 Å². The molecule has 0 aromatic heterocycles. The maximum atomic E-state index is 13.5. The van der Waals surface area contributed by atoms with Gasteiger partial charge in [-0.05, 0) is 30.3 Å². The van der Waals surface area contributed by atoms with Gasteiger partial charge in [-0.1, -0.05) is 28.1 Å². The van der Waals surface area contributed by atoms with Crippen LogP contribution in [0.2, 0.25) is 0 Å². The molecule has 4 nitrogen and oxygen atoms in total. The van der Waals surface area contributed by atoms with Crippen molar-refractivity contribution in [3.05, 3.63) is 63.9 Å². The van der Waals surface area contributed by atoms with Crippen molar-refractivity contribution in [2.24, 2.45) is 0 Å². The van der Waals surface area contributed by atoms with Gasteiger partial charge >= 0.3 is 5.97 Å². The largest absolute Gasteiger partial charge is 0.478 e. The molecule has 20 heavy (non-hydrogen) atoms. The molecule has 2 aromatic carbocycles. The van der Waals surface area contributed by atoms with E-state index in [2.05, 4.69) is 21.2 Å². The number of carboxylic acid groups (broad SMARTS) is 1. The number of amides is 1. The first-order chi connectivity index (χ1) is 9.49. The van der Waals surface area contributed by atoms with Crippen molar-refractivity contribution < 1.29 is 19.1 Å². The van der Waals surface area contributed by atoms with Crippen molar-refractivity contribution >= 4 is 33.5 Å². The summed E-state index contributed by atoms with van der Waals surface area (Å²) in [6.07, 6.45) is 0. The molecule has 0 saturated heterocycles. The lowest BCUT2D eigenvalue weighted by atomic mass is 10.1. The van der Waals surface area contributed by atoms with Crippen molar-refractivity contribution in [1.29, 1.82) is 0 Å². The molecule has 0 bridgehead atoms. The fourth-order valence-corrected chi connectivity index (χ4v) is 2.00. The summed E-state index contributed by atoms with van der Waals surface area (Å²) in [5.41, 5.74) is -0.123. The number of carbonyl (C=O) groups is 2. The van der Waals surface area contributed by atoms with Crippen molar-refractivity contribution in [1.82, 2.24) is 0 Å². The van der Waals surface area contributed by atoms with Gasteiger partial charge in [-0.2, -0.15) is 0 Å². The van der Waals surface area contributed by atoms with Gasteiger partial charge in [0.05, 0.1) is 16.8 Å². The Morgan fingerprint density at radius 1 is 1.10 bits per heavy atom. The molecule has 102 valence electrons. The third-order valence-electron chi connectivity index (χ3n) is 2.58. The van der Waals surface area contributed by atoms with Crippen molar-refractivity contribution in [3.8, 4) is 0 Å². The van der Waals surface area contributed by atoms with Gasteiger partial charge in [0, 0.05) is 4.47 Å². The molecule has 0 spiro atoms. The van der Waals surface area contributed by atoms with E-state index in [0.717, 1.165) is 6.07 Å². The first-order valence-corrected chi connectivity index (χ1v) is 6.37. The second-order valence-corrected chi connectivity index (χ2v) is 4.84. The van der Waals surface area contributed by atoms with Crippen LogP contribution in [0.4, 0.5) is 10.1 Å². The molecule has 0 aliphatic carbocycles. The van der Waals surface area contributed by atoms with Crippen molar-refractivity contribution in [2.75, 3.05) is 5.32 Å². The van der Waals surface area contributed by atoms with Crippen LogP contribution in [0.1, 0.15) is 20.7 Å². The highest BCUT2D eigenvalue weighted by Gasteiger charge is 2.16. The summed E-state index contributed by atoms with van der Waals surface area (Å²) < 4.78 is 14.1. The molecule has 0 atom stereocenters. The average molecular weight is 338 g/mol. The predicted octanol–water partition coefficient (Wildman–Crippen LogP) is 3.54. The molecule has 2 aromatic rings. The van der Waals surface area contributed by atoms with E-state index in [9.17, 15) is 14.0 Å². The number of aromatic carboxylic acids is 1. The standard InChI is InChI=1S/C14H9BrFNO3/c15-8-5-6-10(14(19)20)12(7-8)17-13(18)9-3-1-2-4-11(9)16/h1-7H,(H,17,18)(H,19,20). The van der Waals surface area contributed by atoms with E-state index < -0.39 is 17.7 Å². The summed E-state index contributed by atoms with van der Waals surface area (Å²) in [7, 11) is 0. The number of carbonyl (C=O) groups excluding carboxylic acids is 1. The molecule has 0 aliphatic heterocycles. The van der Waals surface area contributed by atoms with E-state index in [4.69, 9.17) is 5.11 Å². The van der Waals surface area contributed by atoms with Gasteiger partial charge in [0.25, 0.3) is 5.91 Å². The fourth-order valence-electron chi connectivity index (χ4n) is 1.64. The van der Waals surface area contributed by atoms with Crippen LogP contribution < -0.4 is 5.32 Å². The Kier molecular flexibility index (Phi) is 4.14. The monoisotopic (exact) mass is 337 g/mol. The molecule has 6 heteroatoms. The summed E-state index contributed by atoms with van der Waals surface area (Å²) in [5.74, 6) is -2.55. The molecule has 0 fully saturated rings. The van der Waals surface area contributed by atoms with Gasteiger partial charge in [0.2, 0.25) is 0 Å². The Bertz CT molecular complexity index is 688. The molecule has 0 radical (unpaired) electrons. The topological polar surface area (TPSA) is 66.4 Å². The molecule has 0 saturated carbocycles. The normalized spacial score (nSPS) is 10.1. The lowest BCUT2D eigenvalue weighted by molar-refractivity contribution is 0.0698. The van der Waals surface area contributed by atoms with Gasteiger partial charge in [0.1, 0.15) is 5.82 Å². The average Bonchev–Trinajstić information content (AvgIpc) is 2.38. The van der Waals surface area contributed by atoms with E-state index in [1.54, 1.807) is 6.07 Å². The lowest BCUT2D eigenvalue weighted by Gasteiger charge is -2.09. The van der Waals surface area contributed by atoms with Crippen molar-refractivity contribution in [2.45, 2.75) is 0 Å². The number of carboxylic acids is 1. The summed E-state index contributed by atoms with van der Waals surface area (Å²) in [4.78, 5) is 23.0. The quantitative estimate of drug-likeness (QED) is 0.900. The Hall–Kier alpha value is -2.21. The van der Waals surface area contributed by atoms with Crippen LogP contribution in [0, 0.1) is 5.82 Å². The van der Waals surface area contributed by atoms with Crippen LogP contribution in [-0.4, -0.2) is 17.0 Å². The number of nitrogens with one attached hydrogen (secondary N) is 1. The first-order valence-electron chi connectivity index (χ1n) is 5.58. The second kappa shape index (κ2) is 5.83. The van der Waals surface area contributed by atoms with Gasteiger partial charge in [-0.25, -0.2) is 9.18 Å². The van der Waals surface area contributed by atoms with E-state index in [1.807, 2.05) is 0 Å². The number of halogens is 2. The van der Waals surface area contributed by atoms with Crippen LogP contribution in [0.25, 0.3) is 0 Å². The molecule has 0 unspecified atom stereocenters. The second-order valence-electron chi connectivity index (χ2n) is 3.93. The highest BCUT2D eigenvalue weighted by molar-refractivity contribution is 9.10. The zero-order valence-electron chi connectivity index (χ0n) is 10.1. The Labute approximate surface area is 122 Å². The van der Waals surface area contributed by atoms with Crippen LogP contribution in [0.3, 0.4) is 0 Å². The van der Waals surface area contributed by atoms with Gasteiger partial charge in [0.15, 0.2) is 0 Å². The van der Waals surface area contributed by atoms with Gasteiger partial charge < -0.3 is 10.4 Å². The molecule has 0 aliphatic rings. The van der Waals surface area contributed by atoms with E-state index in [1.165, 1.54) is 30.3 Å². The number of hydrogen-bond acceptors (Lipinski definition) is 2. The smallest absolute Gasteiger partial charge is 0.337 e. The molecule has 2 rings (SSSR count). The Morgan fingerprint density at radius 2 is 1.80 bits per heavy atom. The predicted molar refractivity (Wildman–Crippen MR) is 75.5 cm³/mol. The zero-order valence-corrected chi connectivity index (χ0v) is 11.6. The molecule has 2 N–H and O–H groups in total. The van der Waals surface area contributed by atoms with Crippen LogP contribution in [0.15, 0.2) is 46.9 Å². The molecular weight excluding hydrogens is 329 g/mol. The third-order valence-corrected chi connectivity index (χ3v) is 3.07. The SMILES string of the molecule is O=C(Nc1cc(Br)ccc1C(=O)O)c1ccccc1F. The fraction of sp³-hybridized carbons (Fsp3) is 0. The molecule has 0 heterocycles. The maximum absolute atomic E-state index is 13.5. The minimum atomic E-state index is -1.18. The van der Waals surface area contributed by atoms with Crippen molar-refractivity contribution in [3.63, 3.8) is 0 Å². The van der Waals surface area contributed by atoms with Crippen LogP contribution in [0.5, 0.6) is 0 Å². The number of anilines is 1. The number of hydrogen-bond donors (Lipinski definition) is 2. The highest BCUT2D eigenvalue weighted by Crippen LogP contribution is 2.22. The number of benzene rings is 2. The summed E-state index contributed by atoms with van der Waals surface area (Å²) in [6, 6.07) is 9.82. The number of rotatable bonds is 3. The van der Waals surface area contributed by atoms with E-state index in [-0.39, 0.29) is 16.8 Å². The minimum absolute atomic E-state index is 0.0714. The highest BCUT2D eigenvalue weighted by atomic mass is 79.9. The van der Waals surface area contributed by atoms with Crippen LogP contribution in [-0.2, 0) is 0 Å². The summed E-state index contributed by atoms with van der Waals surface area (Å²) in [6.45, 7) is 0. The van der Waals surface area contributed by atoms with E-state index in [0.29, 0.717) is 4.47 Å². The molecule has 1 amide bonds. The Balaban J connectivity index is 2.35. The van der Waals surface area contributed by atoms with Gasteiger partial charge in [-0.15, -0.1) is 0 Å². The van der Waals surface area contributed by atoms with Gasteiger partial charge in [-0.3, -0.25) is 4.79 Å². The third kappa shape index (κ3) is 3.03. The molecular formula is C14H9BrFNO3.